The highest BCUT2D eigenvalue weighted by molar-refractivity contribution is 6.32. The van der Waals surface area contributed by atoms with Crippen LogP contribution in [0.3, 0.4) is 0 Å². The largest absolute Gasteiger partial charge is 0.484 e. The number of guanidine groups is 1. The molecule has 220 valence electrons. The summed E-state index contributed by atoms with van der Waals surface area (Å²) in [6.45, 7) is 2.09. The van der Waals surface area contributed by atoms with Crippen molar-refractivity contribution in [3.8, 4) is 5.75 Å². The van der Waals surface area contributed by atoms with Crippen molar-refractivity contribution >= 4 is 41.0 Å². The number of aromatic nitrogens is 2. The van der Waals surface area contributed by atoms with Gasteiger partial charge in [-0.25, -0.2) is 9.97 Å². The molecule has 2 rings (SSSR count). The first kappa shape index (κ1) is 32.5. The lowest BCUT2D eigenvalue weighted by molar-refractivity contribution is -0.123. The molecule has 0 bridgehead atoms. The number of benzene rings is 1. The Morgan fingerprint density at radius 2 is 1.80 bits per heavy atom. The minimum absolute atomic E-state index is 0.00815. The molecule has 0 aliphatic carbocycles. The predicted octanol–water partition coefficient (Wildman–Crippen LogP) is -0.397. The van der Waals surface area contributed by atoms with E-state index in [1.807, 2.05) is 29.2 Å². The van der Waals surface area contributed by atoms with E-state index in [-0.39, 0.29) is 54.2 Å². The Hall–Kier alpha value is -3.72. The summed E-state index contributed by atoms with van der Waals surface area (Å²) in [5.41, 5.74) is 12.5. The van der Waals surface area contributed by atoms with E-state index in [0.29, 0.717) is 38.5 Å². The van der Waals surface area contributed by atoms with E-state index in [2.05, 4.69) is 30.9 Å². The second-order valence-electron chi connectivity index (χ2n) is 8.60. The number of aliphatic hydroxyl groups is 2. The van der Waals surface area contributed by atoms with Crippen molar-refractivity contribution in [2.24, 2.45) is 10.7 Å². The Kier molecular flexibility index (Phi) is 14.4. The molecular formula is C25H38ClN9O5. The van der Waals surface area contributed by atoms with Gasteiger partial charge in [0.25, 0.3) is 11.8 Å². The third-order valence-corrected chi connectivity index (χ3v) is 5.87. The highest BCUT2D eigenvalue weighted by Crippen LogP contribution is 2.19. The lowest BCUT2D eigenvalue weighted by atomic mass is 10.1. The minimum Gasteiger partial charge on any atom is -0.484 e. The molecule has 1 aromatic heterocycles. The first-order valence-electron chi connectivity index (χ1n) is 12.8. The van der Waals surface area contributed by atoms with Crippen LogP contribution >= 0.6 is 11.6 Å². The maximum absolute atomic E-state index is 12.3. The molecule has 14 nitrogen and oxygen atoms in total. The van der Waals surface area contributed by atoms with Gasteiger partial charge < -0.3 is 37.1 Å². The van der Waals surface area contributed by atoms with Crippen LogP contribution in [0.5, 0.6) is 5.75 Å². The number of anilines is 2. The van der Waals surface area contributed by atoms with Crippen LogP contribution in [0.2, 0.25) is 5.15 Å². The van der Waals surface area contributed by atoms with Gasteiger partial charge in [-0.05, 0) is 37.0 Å². The quantitative estimate of drug-likeness (QED) is 0.0727. The Labute approximate surface area is 238 Å². The predicted molar refractivity (Wildman–Crippen MR) is 153 cm³/mol. The normalized spacial score (nSPS) is 11.4. The molecule has 1 aromatic carbocycles. The number of carbonyl (C=O) groups is 2. The number of nitrogen functional groups attached to an aromatic ring is 1. The fourth-order valence-electron chi connectivity index (χ4n) is 3.53. The van der Waals surface area contributed by atoms with Gasteiger partial charge in [-0.2, -0.15) is 0 Å². The van der Waals surface area contributed by atoms with E-state index in [1.165, 1.54) is 0 Å². The molecule has 0 saturated heterocycles. The third kappa shape index (κ3) is 11.6. The number of hydrogen-bond acceptors (Lipinski definition) is 11. The summed E-state index contributed by atoms with van der Waals surface area (Å²) >= 11 is 5.96. The number of ether oxygens (including phenoxy) is 1. The molecule has 0 spiro atoms. The number of nitrogens with two attached hydrogens (primary N) is 2. The van der Waals surface area contributed by atoms with Crippen LogP contribution in [0.15, 0.2) is 29.3 Å². The van der Waals surface area contributed by atoms with Crippen molar-refractivity contribution in [3.05, 3.63) is 40.7 Å². The molecule has 0 aliphatic rings. The number of carbonyl (C=O) groups excluding carboxylic acids is 2. The van der Waals surface area contributed by atoms with Gasteiger partial charge in [-0.1, -0.05) is 23.7 Å². The standard InChI is InChI=1S/C25H38ClN9O5/c1-29-23-21(26)32-20(22(27)33-23)24(39)34-25(28)31-9-3-2-4-17-5-7-18(8-6-17)40-16-19(38)30-10-11-35(12-14-36)13-15-37/h5-8,36-37H,2-4,9-16H2,1H3,(H,30,38)(H3,27,29,33)(H3,28,31,34,39). The molecule has 0 fully saturated rings. The molecule has 0 radical (unpaired) electrons. The number of aliphatic imine (C=N–C) groups is 1. The Morgan fingerprint density at radius 3 is 2.45 bits per heavy atom. The fraction of sp³-hybridized carbons (Fsp3) is 0.480. The molecule has 40 heavy (non-hydrogen) atoms. The molecule has 9 N–H and O–H groups in total. The summed E-state index contributed by atoms with van der Waals surface area (Å²) in [4.78, 5) is 38.3. The molecule has 0 saturated carbocycles. The van der Waals surface area contributed by atoms with Crippen LogP contribution in [0, 0.1) is 0 Å². The molecular weight excluding hydrogens is 542 g/mol. The third-order valence-electron chi connectivity index (χ3n) is 5.61. The Balaban J connectivity index is 1.66. The van der Waals surface area contributed by atoms with E-state index in [1.54, 1.807) is 7.05 Å². The number of nitrogens with zero attached hydrogens (tertiary/aromatic N) is 4. The Bertz CT molecular complexity index is 1110. The molecule has 15 heteroatoms. The van der Waals surface area contributed by atoms with E-state index in [0.717, 1.165) is 24.8 Å². The van der Waals surface area contributed by atoms with Crippen molar-refractivity contribution in [2.75, 3.05) is 70.6 Å². The molecule has 0 aliphatic heterocycles. The summed E-state index contributed by atoms with van der Waals surface area (Å²) in [5, 5.41) is 25.9. The van der Waals surface area contributed by atoms with E-state index in [9.17, 15) is 9.59 Å². The van der Waals surface area contributed by atoms with Gasteiger partial charge in [0.2, 0.25) is 0 Å². The van der Waals surface area contributed by atoms with Crippen LogP contribution in [0.4, 0.5) is 11.6 Å². The zero-order valence-electron chi connectivity index (χ0n) is 22.5. The average molecular weight is 580 g/mol. The summed E-state index contributed by atoms with van der Waals surface area (Å²) in [5.74, 6) is -0.204. The first-order valence-corrected chi connectivity index (χ1v) is 13.2. The van der Waals surface area contributed by atoms with Crippen molar-refractivity contribution in [3.63, 3.8) is 0 Å². The van der Waals surface area contributed by atoms with Crippen LogP contribution in [-0.2, 0) is 11.2 Å². The van der Waals surface area contributed by atoms with Crippen LogP contribution in [0.25, 0.3) is 0 Å². The monoisotopic (exact) mass is 579 g/mol. The number of nitrogens with one attached hydrogen (secondary N) is 3. The smallest absolute Gasteiger partial charge is 0.280 e. The van der Waals surface area contributed by atoms with Gasteiger partial charge in [-0.15, -0.1) is 0 Å². The van der Waals surface area contributed by atoms with E-state index < -0.39 is 5.91 Å². The topological polar surface area (TPSA) is 213 Å². The van der Waals surface area contributed by atoms with E-state index >= 15 is 0 Å². The van der Waals surface area contributed by atoms with Gasteiger partial charge in [0.1, 0.15) is 5.75 Å². The zero-order valence-corrected chi connectivity index (χ0v) is 23.3. The highest BCUT2D eigenvalue weighted by Gasteiger charge is 2.17. The second-order valence-corrected chi connectivity index (χ2v) is 8.95. The molecule has 2 aromatic rings. The van der Waals surface area contributed by atoms with Crippen molar-refractivity contribution in [1.29, 1.82) is 0 Å². The number of aliphatic hydroxyl groups excluding tert-OH is 2. The number of rotatable bonds is 17. The minimum atomic E-state index is -0.654. The maximum Gasteiger partial charge on any atom is 0.280 e. The van der Waals surface area contributed by atoms with Crippen LogP contribution in [-0.4, -0.2) is 102 Å². The summed E-state index contributed by atoms with van der Waals surface area (Å²) in [6.07, 6.45) is 2.40. The molecule has 0 atom stereocenters. The van der Waals surface area contributed by atoms with Gasteiger partial charge in [0, 0.05) is 39.8 Å². The van der Waals surface area contributed by atoms with Crippen molar-refractivity contribution < 1.29 is 24.5 Å². The first-order chi connectivity index (χ1) is 19.3. The van der Waals surface area contributed by atoms with Crippen LogP contribution in [0.1, 0.15) is 28.9 Å². The maximum atomic E-state index is 12.3. The Morgan fingerprint density at radius 1 is 1.10 bits per heavy atom. The lowest BCUT2D eigenvalue weighted by Gasteiger charge is -2.20. The second kappa shape index (κ2) is 17.8. The number of unbranched alkanes of at least 4 members (excludes halogenated alkanes) is 1. The van der Waals surface area contributed by atoms with Crippen molar-refractivity contribution in [1.82, 2.24) is 25.5 Å². The van der Waals surface area contributed by atoms with Crippen molar-refractivity contribution in [2.45, 2.75) is 19.3 Å². The summed E-state index contributed by atoms with van der Waals surface area (Å²) in [6, 6.07) is 7.48. The van der Waals surface area contributed by atoms with Gasteiger partial charge in [0.15, 0.2) is 35.0 Å². The van der Waals surface area contributed by atoms with Gasteiger partial charge >= 0.3 is 0 Å². The fourth-order valence-corrected chi connectivity index (χ4v) is 3.75. The summed E-state index contributed by atoms with van der Waals surface area (Å²) in [7, 11) is 1.60. The number of amides is 2. The molecule has 2 amide bonds. The lowest BCUT2D eigenvalue weighted by Crippen LogP contribution is -2.39. The number of hydrogen-bond donors (Lipinski definition) is 7. The molecule has 1 heterocycles. The number of aryl methyl sites for hydroxylation is 1. The summed E-state index contributed by atoms with van der Waals surface area (Å²) < 4.78 is 5.54. The highest BCUT2D eigenvalue weighted by atomic mass is 35.5. The van der Waals surface area contributed by atoms with Gasteiger partial charge in [-0.3, -0.25) is 24.8 Å². The van der Waals surface area contributed by atoms with Crippen LogP contribution < -0.4 is 32.2 Å². The SMILES string of the molecule is CNc1nc(N)c(C(=O)NC(N)=NCCCCc2ccc(OCC(=O)NCCN(CCO)CCO)cc2)nc1Cl. The zero-order chi connectivity index (χ0) is 29.3. The molecule has 0 unspecified atom stereocenters. The number of halogens is 1. The van der Waals surface area contributed by atoms with E-state index in [4.69, 9.17) is 38.0 Å². The average Bonchev–Trinajstić information content (AvgIpc) is 2.93. The van der Waals surface area contributed by atoms with Gasteiger partial charge in [0.05, 0.1) is 13.2 Å².